The molecular weight excluding hydrogens is 280 g/mol. The summed E-state index contributed by atoms with van der Waals surface area (Å²) >= 11 is 4.77. The number of ether oxygens (including phenoxy) is 1. The summed E-state index contributed by atoms with van der Waals surface area (Å²) in [5, 5.41) is 9.76. The molecule has 0 saturated carbocycles. The normalized spacial score (nSPS) is 12.3. The molecule has 5 heteroatoms. The SMILES string of the molecule is COC(=O)C(O)c1c(Br)cccc1SC. The van der Waals surface area contributed by atoms with Crippen LogP contribution in [0.2, 0.25) is 0 Å². The van der Waals surface area contributed by atoms with Gasteiger partial charge in [0.2, 0.25) is 0 Å². The van der Waals surface area contributed by atoms with E-state index >= 15 is 0 Å². The van der Waals surface area contributed by atoms with Gasteiger partial charge < -0.3 is 9.84 Å². The van der Waals surface area contributed by atoms with Gasteiger partial charge in [0.15, 0.2) is 6.10 Å². The van der Waals surface area contributed by atoms with Gasteiger partial charge in [0.25, 0.3) is 0 Å². The lowest BCUT2D eigenvalue weighted by molar-refractivity contribution is -0.150. The molecule has 0 heterocycles. The van der Waals surface area contributed by atoms with Crippen molar-refractivity contribution >= 4 is 33.7 Å². The number of aliphatic hydroxyl groups excluding tert-OH is 1. The molecule has 0 spiro atoms. The fourth-order valence-electron chi connectivity index (χ4n) is 1.19. The summed E-state index contributed by atoms with van der Waals surface area (Å²) in [4.78, 5) is 12.1. The second-order valence-corrected chi connectivity index (χ2v) is 4.48. The molecule has 0 aromatic heterocycles. The first kappa shape index (κ1) is 12.5. The van der Waals surface area contributed by atoms with Crippen molar-refractivity contribution in [2.45, 2.75) is 11.0 Å². The molecule has 1 rings (SSSR count). The first-order valence-electron chi connectivity index (χ1n) is 4.20. The average molecular weight is 291 g/mol. The van der Waals surface area contributed by atoms with Crippen molar-refractivity contribution in [1.82, 2.24) is 0 Å². The van der Waals surface area contributed by atoms with Gasteiger partial charge in [-0.3, -0.25) is 0 Å². The van der Waals surface area contributed by atoms with Gasteiger partial charge in [-0.15, -0.1) is 11.8 Å². The van der Waals surface area contributed by atoms with Crippen LogP contribution < -0.4 is 0 Å². The van der Waals surface area contributed by atoms with Crippen LogP contribution in [0.5, 0.6) is 0 Å². The molecule has 0 aliphatic carbocycles. The third-order valence-electron chi connectivity index (χ3n) is 1.93. The van der Waals surface area contributed by atoms with E-state index in [2.05, 4.69) is 20.7 Å². The van der Waals surface area contributed by atoms with Crippen LogP contribution in [0.4, 0.5) is 0 Å². The van der Waals surface area contributed by atoms with Crippen LogP contribution in [0, 0.1) is 0 Å². The molecule has 0 amide bonds. The molecule has 3 nitrogen and oxygen atoms in total. The Balaban J connectivity index is 3.16. The van der Waals surface area contributed by atoms with Crippen molar-refractivity contribution in [3.8, 4) is 0 Å². The minimum atomic E-state index is -1.24. The summed E-state index contributed by atoms with van der Waals surface area (Å²) in [6.07, 6.45) is 0.642. The van der Waals surface area contributed by atoms with Crippen LogP contribution in [0.25, 0.3) is 0 Å². The van der Waals surface area contributed by atoms with Crippen molar-refractivity contribution in [1.29, 1.82) is 0 Å². The maximum absolute atomic E-state index is 11.2. The molecule has 0 aliphatic rings. The number of hydrogen-bond donors (Lipinski definition) is 1. The quantitative estimate of drug-likeness (QED) is 0.686. The first-order valence-corrected chi connectivity index (χ1v) is 6.22. The molecule has 0 saturated heterocycles. The number of methoxy groups -OCH3 is 1. The van der Waals surface area contributed by atoms with Gasteiger partial charge in [-0.1, -0.05) is 22.0 Å². The highest BCUT2D eigenvalue weighted by molar-refractivity contribution is 9.10. The molecule has 1 aromatic carbocycles. The van der Waals surface area contributed by atoms with Crippen LogP contribution in [0.3, 0.4) is 0 Å². The minimum absolute atomic E-state index is 0.553. The number of carbonyl (C=O) groups is 1. The van der Waals surface area contributed by atoms with Crippen LogP contribution in [0.15, 0.2) is 27.6 Å². The largest absolute Gasteiger partial charge is 0.467 e. The summed E-state index contributed by atoms with van der Waals surface area (Å²) in [5.41, 5.74) is 0.553. The Labute approximate surface area is 101 Å². The number of benzene rings is 1. The number of hydrogen-bond acceptors (Lipinski definition) is 4. The molecule has 0 aliphatic heterocycles. The van der Waals surface area contributed by atoms with E-state index < -0.39 is 12.1 Å². The zero-order chi connectivity index (χ0) is 11.4. The van der Waals surface area contributed by atoms with Gasteiger partial charge >= 0.3 is 5.97 Å². The van der Waals surface area contributed by atoms with Gasteiger partial charge in [0.1, 0.15) is 0 Å². The summed E-state index contributed by atoms with van der Waals surface area (Å²) in [6.45, 7) is 0. The van der Waals surface area contributed by atoms with E-state index in [1.54, 1.807) is 6.07 Å². The van der Waals surface area contributed by atoms with Crippen molar-refractivity contribution < 1.29 is 14.6 Å². The van der Waals surface area contributed by atoms with Crippen LogP contribution >= 0.6 is 27.7 Å². The maximum atomic E-state index is 11.2. The van der Waals surface area contributed by atoms with E-state index in [9.17, 15) is 9.90 Å². The zero-order valence-corrected chi connectivity index (χ0v) is 10.8. The molecule has 1 unspecified atom stereocenters. The van der Waals surface area contributed by atoms with Gasteiger partial charge in [-0.2, -0.15) is 0 Å². The Kier molecular flexibility index (Phi) is 4.63. The highest BCUT2D eigenvalue weighted by Crippen LogP contribution is 2.32. The van der Waals surface area contributed by atoms with Crippen LogP contribution in [0.1, 0.15) is 11.7 Å². The Morgan fingerprint density at radius 3 is 2.80 bits per heavy atom. The third-order valence-corrected chi connectivity index (χ3v) is 3.42. The van der Waals surface area contributed by atoms with E-state index in [0.717, 1.165) is 4.90 Å². The lowest BCUT2D eigenvalue weighted by Crippen LogP contribution is -2.14. The van der Waals surface area contributed by atoms with E-state index in [4.69, 9.17) is 0 Å². The molecule has 82 valence electrons. The van der Waals surface area contributed by atoms with Crippen molar-refractivity contribution in [3.63, 3.8) is 0 Å². The predicted molar refractivity (Wildman–Crippen MR) is 62.9 cm³/mol. The molecule has 0 fully saturated rings. The van der Waals surface area contributed by atoms with Crippen LogP contribution in [-0.2, 0) is 9.53 Å². The van der Waals surface area contributed by atoms with Gasteiger partial charge in [-0.25, -0.2) is 4.79 Å². The molecule has 0 bridgehead atoms. The summed E-state index contributed by atoms with van der Waals surface area (Å²) in [7, 11) is 1.25. The first-order chi connectivity index (χ1) is 7.11. The molecule has 1 N–H and O–H groups in total. The van der Waals surface area contributed by atoms with E-state index in [-0.39, 0.29) is 0 Å². The number of rotatable bonds is 3. The summed E-state index contributed by atoms with van der Waals surface area (Å²) in [6, 6.07) is 5.47. The average Bonchev–Trinajstić information content (AvgIpc) is 2.26. The molecule has 1 atom stereocenters. The Morgan fingerprint density at radius 1 is 1.60 bits per heavy atom. The Hall–Kier alpha value is -0.520. The standard InChI is InChI=1S/C10H11BrO3S/c1-14-10(13)9(12)8-6(11)4-3-5-7(8)15-2/h3-5,9,12H,1-2H3. The third kappa shape index (κ3) is 2.74. The highest BCUT2D eigenvalue weighted by atomic mass is 79.9. The Morgan fingerprint density at radius 2 is 2.27 bits per heavy atom. The molecule has 15 heavy (non-hydrogen) atoms. The summed E-state index contributed by atoms with van der Waals surface area (Å²) < 4.78 is 5.20. The van der Waals surface area contributed by atoms with E-state index in [1.807, 2.05) is 18.4 Å². The topological polar surface area (TPSA) is 46.5 Å². The number of aliphatic hydroxyl groups is 1. The number of thioether (sulfide) groups is 1. The lowest BCUT2D eigenvalue weighted by atomic mass is 10.1. The summed E-state index contributed by atoms with van der Waals surface area (Å²) in [5.74, 6) is -0.655. The van der Waals surface area contributed by atoms with Gasteiger partial charge in [0, 0.05) is 14.9 Å². The van der Waals surface area contributed by atoms with Crippen molar-refractivity contribution in [3.05, 3.63) is 28.2 Å². The monoisotopic (exact) mass is 290 g/mol. The fraction of sp³-hybridized carbons (Fsp3) is 0.300. The van der Waals surface area contributed by atoms with Gasteiger partial charge in [0.05, 0.1) is 7.11 Å². The van der Waals surface area contributed by atoms with E-state index in [0.29, 0.717) is 10.0 Å². The highest BCUT2D eigenvalue weighted by Gasteiger charge is 2.23. The molecule has 0 radical (unpaired) electrons. The van der Waals surface area contributed by atoms with E-state index in [1.165, 1.54) is 18.9 Å². The molecule has 1 aromatic rings. The number of esters is 1. The van der Waals surface area contributed by atoms with Gasteiger partial charge in [-0.05, 0) is 18.4 Å². The Bertz CT molecular complexity index is 368. The maximum Gasteiger partial charge on any atom is 0.339 e. The second kappa shape index (κ2) is 5.53. The zero-order valence-electron chi connectivity index (χ0n) is 8.36. The number of halogens is 1. The second-order valence-electron chi connectivity index (χ2n) is 2.78. The lowest BCUT2D eigenvalue weighted by Gasteiger charge is -2.14. The van der Waals surface area contributed by atoms with Crippen molar-refractivity contribution in [2.24, 2.45) is 0 Å². The fourth-order valence-corrected chi connectivity index (χ4v) is 2.56. The predicted octanol–water partition coefficient (Wildman–Crippen LogP) is 2.38. The molecular formula is C10H11BrO3S. The number of carbonyl (C=O) groups excluding carboxylic acids is 1. The van der Waals surface area contributed by atoms with Crippen molar-refractivity contribution in [2.75, 3.05) is 13.4 Å². The van der Waals surface area contributed by atoms with Crippen LogP contribution in [-0.4, -0.2) is 24.4 Å². The smallest absolute Gasteiger partial charge is 0.339 e. The minimum Gasteiger partial charge on any atom is -0.467 e.